The van der Waals surface area contributed by atoms with Crippen LogP contribution >= 0.6 is 23.5 Å². The van der Waals surface area contributed by atoms with E-state index in [2.05, 4.69) is 21.3 Å². The van der Waals surface area contributed by atoms with E-state index in [1.54, 1.807) is 28.4 Å². The third-order valence-electron chi connectivity index (χ3n) is 7.50. The maximum atomic E-state index is 12.9. The van der Waals surface area contributed by atoms with Gasteiger partial charge in [0, 0.05) is 65.2 Å². The summed E-state index contributed by atoms with van der Waals surface area (Å²) in [6.45, 7) is 11.6. The van der Waals surface area contributed by atoms with Gasteiger partial charge in [0.05, 0.1) is 24.7 Å². The summed E-state index contributed by atoms with van der Waals surface area (Å²) in [5, 5.41) is 11.4. The molecule has 0 unspecified atom stereocenters. The number of nitrogens with zero attached hydrogens (tertiary/aromatic N) is 2. The summed E-state index contributed by atoms with van der Waals surface area (Å²) in [5.74, 6) is 2.51. The molecular formula is C36H68N6O9S2. The van der Waals surface area contributed by atoms with E-state index in [-0.39, 0.29) is 82.3 Å². The number of nitrogens with one attached hydrogen (secondary N) is 4. The number of amides is 6. The second-order valence-electron chi connectivity index (χ2n) is 12.1. The van der Waals surface area contributed by atoms with E-state index in [0.717, 1.165) is 50.0 Å². The fourth-order valence-corrected chi connectivity index (χ4v) is 5.73. The predicted molar refractivity (Wildman–Crippen MR) is 212 cm³/mol. The van der Waals surface area contributed by atoms with Crippen LogP contribution in [0.25, 0.3) is 0 Å². The third kappa shape index (κ3) is 31.2. The molecule has 0 aromatic carbocycles. The Kier molecular flexibility index (Phi) is 34.1. The molecule has 0 rings (SSSR count). The fourth-order valence-electron chi connectivity index (χ4n) is 4.75. The molecule has 0 heterocycles. The molecule has 0 aromatic heterocycles. The van der Waals surface area contributed by atoms with Gasteiger partial charge < -0.3 is 45.3 Å². The number of thioether (sulfide) groups is 2. The normalized spacial score (nSPS) is 10.6. The summed E-state index contributed by atoms with van der Waals surface area (Å²) in [5.41, 5.74) is 0. The van der Waals surface area contributed by atoms with Crippen molar-refractivity contribution < 1.29 is 43.0 Å². The first kappa shape index (κ1) is 50.1. The van der Waals surface area contributed by atoms with Crippen molar-refractivity contribution in [3.05, 3.63) is 0 Å². The Morgan fingerprint density at radius 3 is 1.26 bits per heavy atom. The molecule has 53 heavy (non-hydrogen) atoms. The number of carbonyl (C=O) groups is 6. The average molecular weight is 793 g/mol. The Morgan fingerprint density at radius 2 is 0.868 bits per heavy atom. The second kappa shape index (κ2) is 36.1. The fraction of sp³-hybridized carbons (Fsp3) is 0.833. The summed E-state index contributed by atoms with van der Waals surface area (Å²) in [7, 11) is 0. The SMILES string of the molecule is CCCN(CCC)C(=O)OCCOCCOC(=O)N(CCNC(=O)CCCCCNC(=O)CSCC)CCNC(=O)CCCCCNC(=O)CSCC. The summed E-state index contributed by atoms with van der Waals surface area (Å²) in [6, 6.07) is 0. The number of unbranched alkanes of at least 4 members (excludes halogenated alkanes) is 4. The predicted octanol–water partition coefficient (Wildman–Crippen LogP) is 3.79. The van der Waals surface area contributed by atoms with Crippen LogP contribution in [0.1, 0.15) is 91.9 Å². The van der Waals surface area contributed by atoms with Crippen molar-refractivity contribution >= 4 is 59.3 Å². The van der Waals surface area contributed by atoms with Crippen molar-refractivity contribution in [1.82, 2.24) is 31.1 Å². The van der Waals surface area contributed by atoms with Gasteiger partial charge in [-0.1, -0.05) is 40.5 Å². The van der Waals surface area contributed by atoms with Crippen LogP contribution in [0.3, 0.4) is 0 Å². The van der Waals surface area contributed by atoms with Gasteiger partial charge in [0.15, 0.2) is 0 Å². The maximum absolute atomic E-state index is 12.9. The smallest absolute Gasteiger partial charge is 0.409 e. The van der Waals surface area contributed by atoms with E-state index >= 15 is 0 Å². The molecule has 0 fully saturated rings. The Bertz CT molecular complexity index is 957. The first-order chi connectivity index (χ1) is 25.7. The summed E-state index contributed by atoms with van der Waals surface area (Å²) < 4.78 is 16.1. The van der Waals surface area contributed by atoms with Gasteiger partial charge in [0.1, 0.15) is 13.2 Å². The number of carbonyl (C=O) groups excluding carboxylic acids is 6. The quantitative estimate of drug-likeness (QED) is 0.0696. The topological polar surface area (TPSA) is 185 Å². The van der Waals surface area contributed by atoms with Crippen LogP contribution in [0.4, 0.5) is 9.59 Å². The van der Waals surface area contributed by atoms with Crippen molar-refractivity contribution in [3.63, 3.8) is 0 Å². The van der Waals surface area contributed by atoms with Gasteiger partial charge in [0.25, 0.3) is 0 Å². The van der Waals surface area contributed by atoms with Crippen LogP contribution < -0.4 is 21.3 Å². The van der Waals surface area contributed by atoms with Crippen LogP contribution in [0.15, 0.2) is 0 Å². The minimum atomic E-state index is -0.600. The zero-order chi connectivity index (χ0) is 39.4. The van der Waals surface area contributed by atoms with Crippen molar-refractivity contribution in [3.8, 4) is 0 Å². The molecule has 15 nitrogen and oxygen atoms in total. The van der Waals surface area contributed by atoms with Crippen molar-refractivity contribution in [2.75, 3.05) is 102 Å². The van der Waals surface area contributed by atoms with E-state index in [9.17, 15) is 28.8 Å². The van der Waals surface area contributed by atoms with Crippen LogP contribution in [0, 0.1) is 0 Å². The summed E-state index contributed by atoms with van der Waals surface area (Å²) >= 11 is 3.15. The lowest BCUT2D eigenvalue weighted by atomic mass is 10.2. The zero-order valence-corrected chi connectivity index (χ0v) is 34.4. The van der Waals surface area contributed by atoms with Gasteiger partial charge in [-0.3, -0.25) is 19.2 Å². The Hall–Kier alpha value is -2.92. The second-order valence-corrected chi connectivity index (χ2v) is 14.7. The molecule has 0 saturated carbocycles. The Morgan fingerprint density at radius 1 is 0.472 bits per heavy atom. The molecular weight excluding hydrogens is 725 g/mol. The van der Waals surface area contributed by atoms with Crippen molar-refractivity contribution in [2.24, 2.45) is 0 Å². The molecule has 6 amide bonds. The van der Waals surface area contributed by atoms with Crippen LogP contribution in [0.2, 0.25) is 0 Å². The highest BCUT2D eigenvalue weighted by Crippen LogP contribution is 2.03. The number of hydrogen-bond donors (Lipinski definition) is 4. The monoisotopic (exact) mass is 792 g/mol. The average Bonchev–Trinajstić information content (AvgIpc) is 3.14. The molecule has 0 atom stereocenters. The summed E-state index contributed by atoms with van der Waals surface area (Å²) in [4.78, 5) is 76.3. The highest BCUT2D eigenvalue weighted by molar-refractivity contribution is 8.00. The Labute approximate surface area is 326 Å². The molecule has 0 radical (unpaired) electrons. The lowest BCUT2D eigenvalue weighted by Crippen LogP contribution is -2.43. The maximum Gasteiger partial charge on any atom is 0.409 e. The molecule has 0 aromatic rings. The molecule has 0 bridgehead atoms. The van der Waals surface area contributed by atoms with Crippen LogP contribution in [-0.2, 0) is 33.4 Å². The van der Waals surface area contributed by atoms with Gasteiger partial charge in [-0.2, -0.15) is 23.5 Å². The highest BCUT2D eigenvalue weighted by atomic mass is 32.2. The number of ether oxygens (including phenoxy) is 3. The lowest BCUT2D eigenvalue weighted by molar-refractivity contribution is -0.121. The molecule has 308 valence electrons. The van der Waals surface area contributed by atoms with E-state index < -0.39 is 6.09 Å². The molecule has 0 aliphatic heterocycles. The third-order valence-corrected chi connectivity index (χ3v) is 9.25. The highest BCUT2D eigenvalue weighted by Gasteiger charge is 2.16. The standard InChI is InChI=1S/C36H68N6O9S2/c1-5-21-41(22-6-2)35(47)50-27-25-49-26-28-51-36(48)42(23-19-39-31(43)15-11-9-13-17-37-33(45)29-52-7-3)24-20-40-32(44)16-12-10-14-18-38-34(46)30-53-8-4/h5-30H2,1-4H3,(H,37,45)(H,38,46)(H,39,43)(H,40,44). The van der Waals surface area contributed by atoms with Gasteiger partial charge in [-0.25, -0.2) is 9.59 Å². The molecule has 0 aliphatic carbocycles. The molecule has 0 spiro atoms. The van der Waals surface area contributed by atoms with Gasteiger partial charge in [0.2, 0.25) is 23.6 Å². The number of rotatable bonds is 34. The largest absolute Gasteiger partial charge is 0.447 e. The molecule has 0 saturated heterocycles. The van der Waals surface area contributed by atoms with E-state index in [4.69, 9.17) is 14.2 Å². The number of hydrogen-bond acceptors (Lipinski definition) is 11. The van der Waals surface area contributed by atoms with E-state index in [1.807, 2.05) is 27.7 Å². The van der Waals surface area contributed by atoms with Crippen LogP contribution in [0.5, 0.6) is 0 Å². The lowest BCUT2D eigenvalue weighted by Gasteiger charge is -2.23. The zero-order valence-electron chi connectivity index (χ0n) is 32.8. The van der Waals surface area contributed by atoms with Crippen molar-refractivity contribution in [2.45, 2.75) is 91.9 Å². The Balaban J connectivity index is 4.58. The van der Waals surface area contributed by atoms with E-state index in [0.29, 0.717) is 63.4 Å². The van der Waals surface area contributed by atoms with Gasteiger partial charge >= 0.3 is 12.2 Å². The first-order valence-electron chi connectivity index (χ1n) is 19.3. The molecule has 4 N–H and O–H groups in total. The van der Waals surface area contributed by atoms with Crippen molar-refractivity contribution in [1.29, 1.82) is 0 Å². The minimum Gasteiger partial charge on any atom is -0.447 e. The van der Waals surface area contributed by atoms with Gasteiger partial charge in [-0.15, -0.1) is 0 Å². The molecule has 0 aliphatic rings. The van der Waals surface area contributed by atoms with Gasteiger partial charge in [-0.05, 0) is 50.0 Å². The van der Waals surface area contributed by atoms with E-state index in [1.165, 1.54) is 4.90 Å². The molecule has 17 heteroatoms. The summed E-state index contributed by atoms with van der Waals surface area (Å²) in [6.07, 6.45) is 5.97. The first-order valence-corrected chi connectivity index (χ1v) is 21.6. The van der Waals surface area contributed by atoms with Crippen LogP contribution in [-0.4, -0.2) is 147 Å². The minimum absolute atomic E-state index is 0.0183.